The smallest absolute Gasteiger partial charge is 0.320 e. The fraction of sp³-hybridized carbons (Fsp3) is 0.412. The lowest BCUT2D eigenvalue weighted by atomic mass is 9.91. The normalized spacial score (nSPS) is 16.4. The van der Waals surface area contributed by atoms with Gasteiger partial charge in [-0.25, -0.2) is 9.78 Å². The Hall–Kier alpha value is -2.34. The zero-order valence-corrected chi connectivity index (χ0v) is 13.4. The summed E-state index contributed by atoms with van der Waals surface area (Å²) < 4.78 is 0. The highest BCUT2D eigenvalue weighted by Crippen LogP contribution is 2.32. The number of urea groups is 1. The number of nitrogens with zero attached hydrogens (tertiary/aromatic N) is 2. The SMILES string of the molecule is C=CCNC(=O)Nc1ccc2[nH]cc(C3CCN(C)CC3)c2n1. The highest BCUT2D eigenvalue weighted by atomic mass is 16.2. The Morgan fingerprint density at radius 1 is 1.48 bits per heavy atom. The standard InChI is InChI=1S/C17H23N5O/c1-3-8-18-17(23)21-15-5-4-14-16(20-15)13(11-19-14)12-6-9-22(2)10-7-12/h3-5,11-12,19H,1,6-10H2,2H3,(H2,18,20,21,23). The molecule has 0 unspecified atom stereocenters. The summed E-state index contributed by atoms with van der Waals surface area (Å²) in [6, 6.07) is 3.50. The summed E-state index contributed by atoms with van der Waals surface area (Å²) in [5.41, 5.74) is 3.22. The number of carbonyl (C=O) groups excluding carboxylic acids is 1. The summed E-state index contributed by atoms with van der Waals surface area (Å²) in [5, 5.41) is 5.45. The van der Waals surface area contributed by atoms with E-state index in [0.717, 1.165) is 37.0 Å². The highest BCUT2D eigenvalue weighted by molar-refractivity contribution is 5.90. The number of piperidine rings is 1. The number of aromatic amines is 1. The van der Waals surface area contributed by atoms with Gasteiger partial charge in [0.1, 0.15) is 5.82 Å². The lowest BCUT2D eigenvalue weighted by Crippen LogP contribution is -2.29. The van der Waals surface area contributed by atoms with E-state index in [0.29, 0.717) is 18.3 Å². The van der Waals surface area contributed by atoms with Crippen LogP contribution in [-0.2, 0) is 0 Å². The summed E-state index contributed by atoms with van der Waals surface area (Å²) >= 11 is 0. The van der Waals surface area contributed by atoms with Crippen molar-refractivity contribution < 1.29 is 4.79 Å². The van der Waals surface area contributed by atoms with Crippen LogP contribution in [0.2, 0.25) is 0 Å². The Morgan fingerprint density at radius 3 is 3.00 bits per heavy atom. The molecule has 1 fully saturated rings. The zero-order valence-electron chi connectivity index (χ0n) is 13.4. The number of H-pyrrole nitrogens is 1. The number of hydrogen-bond donors (Lipinski definition) is 3. The Morgan fingerprint density at radius 2 is 2.26 bits per heavy atom. The Kier molecular flexibility index (Phi) is 4.62. The molecule has 0 saturated carbocycles. The third kappa shape index (κ3) is 3.53. The van der Waals surface area contributed by atoms with Gasteiger partial charge in [0, 0.05) is 12.7 Å². The summed E-state index contributed by atoms with van der Waals surface area (Å²) in [6.45, 7) is 6.23. The fourth-order valence-corrected chi connectivity index (χ4v) is 3.05. The highest BCUT2D eigenvalue weighted by Gasteiger charge is 2.21. The third-order valence-corrected chi connectivity index (χ3v) is 4.36. The van der Waals surface area contributed by atoms with Crippen molar-refractivity contribution in [2.24, 2.45) is 0 Å². The summed E-state index contributed by atoms with van der Waals surface area (Å²) in [5.74, 6) is 1.09. The molecule has 1 aliphatic rings. The van der Waals surface area contributed by atoms with E-state index in [2.05, 4.69) is 45.3 Å². The molecule has 1 saturated heterocycles. The van der Waals surface area contributed by atoms with Gasteiger partial charge in [-0.1, -0.05) is 6.08 Å². The predicted octanol–water partition coefficient (Wildman–Crippen LogP) is 2.68. The summed E-state index contributed by atoms with van der Waals surface area (Å²) in [7, 11) is 2.16. The van der Waals surface area contributed by atoms with Crippen LogP contribution in [0.25, 0.3) is 11.0 Å². The molecule has 3 N–H and O–H groups in total. The van der Waals surface area contributed by atoms with Gasteiger partial charge < -0.3 is 15.2 Å². The Labute approximate surface area is 136 Å². The number of fused-ring (bicyclic) bond motifs is 1. The molecule has 0 aliphatic carbocycles. The number of aromatic nitrogens is 2. The third-order valence-electron chi connectivity index (χ3n) is 4.36. The lowest BCUT2D eigenvalue weighted by molar-refractivity contribution is 0.253. The number of amides is 2. The second kappa shape index (κ2) is 6.83. The van der Waals surface area contributed by atoms with Crippen molar-refractivity contribution >= 4 is 22.9 Å². The number of hydrogen-bond acceptors (Lipinski definition) is 3. The molecule has 0 bridgehead atoms. The first-order valence-corrected chi connectivity index (χ1v) is 7.99. The lowest BCUT2D eigenvalue weighted by Gasteiger charge is -2.28. The van der Waals surface area contributed by atoms with Gasteiger partial charge in [0.05, 0.1) is 11.0 Å². The molecule has 2 amide bonds. The summed E-state index contributed by atoms with van der Waals surface area (Å²) in [6.07, 6.45) is 5.99. The first kappa shape index (κ1) is 15.6. The van der Waals surface area contributed by atoms with E-state index in [1.807, 2.05) is 12.1 Å². The molecule has 3 heterocycles. The maximum Gasteiger partial charge on any atom is 0.320 e. The van der Waals surface area contributed by atoms with Crippen LogP contribution in [0, 0.1) is 0 Å². The van der Waals surface area contributed by atoms with Gasteiger partial charge in [-0.05, 0) is 56.6 Å². The van der Waals surface area contributed by atoms with Crippen molar-refractivity contribution in [1.82, 2.24) is 20.2 Å². The van der Waals surface area contributed by atoms with Gasteiger partial charge in [0.15, 0.2) is 0 Å². The van der Waals surface area contributed by atoms with Crippen molar-refractivity contribution in [3.05, 3.63) is 36.5 Å². The van der Waals surface area contributed by atoms with Crippen LogP contribution in [0.15, 0.2) is 31.0 Å². The van der Waals surface area contributed by atoms with Gasteiger partial charge in [0.25, 0.3) is 0 Å². The first-order chi connectivity index (χ1) is 11.2. The van der Waals surface area contributed by atoms with E-state index in [1.165, 1.54) is 5.56 Å². The van der Waals surface area contributed by atoms with E-state index in [-0.39, 0.29) is 6.03 Å². The molecule has 23 heavy (non-hydrogen) atoms. The molecule has 0 radical (unpaired) electrons. The topological polar surface area (TPSA) is 73.1 Å². The second-order valence-corrected chi connectivity index (χ2v) is 6.04. The largest absolute Gasteiger partial charge is 0.360 e. The van der Waals surface area contributed by atoms with E-state index in [1.54, 1.807) is 6.08 Å². The first-order valence-electron chi connectivity index (χ1n) is 7.99. The molecule has 3 rings (SSSR count). The van der Waals surface area contributed by atoms with Crippen molar-refractivity contribution in [1.29, 1.82) is 0 Å². The van der Waals surface area contributed by atoms with Gasteiger partial charge >= 0.3 is 6.03 Å². The number of carbonyl (C=O) groups is 1. The number of pyridine rings is 1. The second-order valence-electron chi connectivity index (χ2n) is 6.04. The molecule has 6 heteroatoms. The van der Waals surface area contributed by atoms with Crippen molar-refractivity contribution in [2.75, 3.05) is 32.0 Å². The molecule has 2 aromatic heterocycles. The number of nitrogens with one attached hydrogen (secondary N) is 3. The Balaban J connectivity index is 1.79. The average Bonchev–Trinajstić information content (AvgIpc) is 2.97. The van der Waals surface area contributed by atoms with Crippen LogP contribution in [0.4, 0.5) is 10.6 Å². The van der Waals surface area contributed by atoms with Crippen LogP contribution in [0.5, 0.6) is 0 Å². The molecular weight excluding hydrogens is 290 g/mol. The maximum absolute atomic E-state index is 11.7. The van der Waals surface area contributed by atoms with E-state index in [9.17, 15) is 4.79 Å². The van der Waals surface area contributed by atoms with Crippen molar-refractivity contribution in [3.8, 4) is 0 Å². The van der Waals surface area contributed by atoms with Crippen LogP contribution in [0.1, 0.15) is 24.3 Å². The minimum absolute atomic E-state index is 0.270. The number of anilines is 1. The Bertz CT molecular complexity index is 700. The molecule has 0 spiro atoms. The van der Waals surface area contributed by atoms with Crippen molar-refractivity contribution in [2.45, 2.75) is 18.8 Å². The van der Waals surface area contributed by atoms with Gasteiger partial charge in [-0.15, -0.1) is 6.58 Å². The summed E-state index contributed by atoms with van der Waals surface area (Å²) in [4.78, 5) is 22.0. The van der Waals surface area contributed by atoms with Gasteiger partial charge in [0.2, 0.25) is 0 Å². The van der Waals surface area contributed by atoms with Crippen LogP contribution < -0.4 is 10.6 Å². The van der Waals surface area contributed by atoms with E-state index < -0.39 is 0 Å². The van der Waals surface area contributed by atoms with Gasteiger partial charge in [-0.3, -0.25) is 5.32 Å². The molecule has 0 atom stereocenters. The fourth-order valence-electron chi connectivity index (χ4n) is 3.05. The molecule has 2 aromatic rings. The van der Waals surface area contributed by atoms with Crippen LogP contribution in [0.3, 0.4) is 0 Å². The number of likely N-dealkylation sites (tertiary alicyclic amines) is 1. The van der Waals surface area contributed by atoms with Crippen molar-refractivity contribution in [3.63, 3.8) is 0 Å². The number of rotatable bonds is 4. The molecule has 122 valence electrons. The van der Waals surface area contributed by atoms with E-state index >= 15 is 0 Å². The predicted molar refractivity (Wildman–Crippen MR) is 92.8 cm³/mol. The average molecular weight is 313 g/mol. The van der Waals surface area contributed by atoms with Crippen LogP contribution in [-0.4, -0.2) is 47.6 Å². The molecule has 1 aliphatic heterocycles. The molecular formula is C17H23N5O. The van der Waals surface area contributed by atoms with Gasteiger partial charge in [-0.2, -0.15) is 0 Å². The zero-order chi connectivity index (χ0) is 16.2. The molecule has 6 nitrogen and oxygen atoms in total. The minimum atomic E-state index is -0.270. The van der Waals surface area contributed by atoms with E-state index in [4.69, 9.17) is 0 Å². The van der Waals surface area contributed by atoms with Crippen LogP contribution >= 0.6 is 0 Å². The quantitative estimate of drug-likeness (QED) is 0.760. The minimum Gasteiger partial charge on any atom is -0.360 e. The molecule has 0 aromatic carbocycles. The maximum atomic E-state index is 11.7. The monoisotopic (exact) mass is 313 g/mol.